The predicted octanol–water partition coefficient (Wildman–Crippen LogP) is 5.52. The van der Waals surface area contributed by atoms with Crippen molar-refractivity contribution in [3.63, 3.8) is 0 Å². The summed E-state index contributed by atoms with van der Waals surface area (Å²) < 4.78 is 33.5. The van der Waals surface area contributed by atoms with Gasteiger partial charge in [-0.05, 0) is 66.4 Å². The van der Waals surface area contributed by atoms with Crippen LogP contribution in [0.2, 0.25) is 0 Å². The first kappa shape index (κ1) is 31.5. The molecule has 0 fully saturated rings. The first-order valence-corrected chi connectivity index (χ1v) is 15.8. The fourth-order valence-electron chi connectivity index (χ4n) is 4.30. The second-order valence-electron chi connectivity index (χ2n) is 9.40. The number of nitrogens with zero attached hydrogens (tertiary/aromatic N) is 1. The Hall–Kier alpha value is -4.39. The number of hydrogen-bond donors (Lipinski definition) is 3. The minimum absolute atomic E-state index is 0.0922. The van der Waals surface area contributed by atoms with Crippen LogP contribution in [0.5, 0.6) is 5.75 Å². The number of ether oxygens (including phenoxy) is 1. The predicted molar refractivity (Wildman–Crippen MR) is 167 cm³/mol. The van der Waals surface area contributed by atoms with E-state index in [2.05, 4.69) is 5.32 Å². The maximum absolute atomic E-state index is 13.0. The second kappa shape index (κ2) is 14.7. The summed E-state index contributed by atoms with van der Waals surface area (Å²) in [5, 5.41) is 23.8. The average Bonchev–Trinajstić information content (AvgIpc) is 3.02. The summed E-state index contributed by atoms with van der Waals surface area (Å²) in [6, 6.07) is 25.2. The molecule has 0 saturated heterocycles. The Morgan fingerprint density at radius 2 is 1.74 bits per heavy atom. The van der Waals surface area contributed by atoms with Gasteiger partial charge in [-0.25, -0.2) is 13.1 Å². The minimum atomic E-state index is -4.40. The van der Waals surface area contributed by atoms with Gasteiger partial charge in [-0.1, -0.05) is 42.5 Å². The zero-order valence-electron chi connectivity index (χ0n) is 23.4. The molecule has 0 aliphatic heterocycles. The van der Waals surface area contributed by atoms with Gasteiger partial charge in [0.15, 0.2) is 0 Å². The van der Waals surface area contributed by atoms with Gasteiger partial charge in [-0.2, -0.15) is 0 Å². The Morgan fingerprint density at radius 1 is 1.00 bits per heavy atom. The molecule has 10 nitrogen and oxygen atoms in total. The molecule has 0 aliphatic rings. The number of nitro benzene ring substituents is 1. The van der Waals surface area contributed by atoms with Gasteiger partial charge >= 0.3 is 0 Å². The van der Waals surface area contributed by atoms with E-state index in [1.165, 1.54) is 24.3 Å². The third-order valence-electron chi connectivity index (χ3n) is 6.48. The van der Waals surface area contributed by atoms with Crippen molar-refractivity contribution >= 4 is 39.1 Å². The van der Waals surface area contributed by atoms with E-state index in [-0.39, 0.29) is 17.9 Å². The SMILES string of the molecule is COc1cc(CCCO)ccc1-c1ccc(C(=O)NS(=O)(=O)c2ccc(NCCSc3ccccc3)c([N+](=O)[O-])c2)cc1. The van der Waals surface area contributed by atoms with E-state index in [0.717, 1.165) is 27.7 Å². The summed E-state index contributed by atoms with van der Waals surface area (Å²) in [7, 11) is -2.85. The smallest absolute Gasteiger partial charge is 0.293 e. The van der Waals surface area contributed by atoms with Crippen molar-refractivity contribution in [1.82, 2.24) is 4.72 Å². The molecular formula is C31H31N3O7S2. The van der Waals surface area contributed by atoms with Crippen LogP contribution in [0.3, 0.4) is 0 Å². The lowest BCUT2D eigenvalue weighted by atomic mass is 9.99. The molecule has 4 rings (SSSR count). The molecule has 1 amide bonds. The number of aryl methyl sites for hydroxylation is 1. The number of carbonyl (C=O) groups excluding carboxylic acids is 1. The molecule has 224 valence electrons. The first-order chi connectivity index (χ1) is 20.7. The third kappa shape index (κ3) is 8.34. The first-order valence-electron chi connectivity index (χ1n) is 13.4. The van der Waals surface area contributed by atoms with Gasteiger partial charge in [0, 0.05) is 41.0 Å². The standard InChI is InChI=1S/C31H31N3O7S2/c1-41-30-20-22(6-5-18-35)9-15-27(30)23-10-12-24(13-11-23)31(36)33-43(39,40)26-14-16-28(29(21-26)34(37)38)32-17-19-42-25-7-3-2-4-8-25/h2-4,7-16,20-21,32,35H,5-6,17-19H2,1H3,(H,33,36). The lowest BCUT2D eigenvalue weighted by Gasteiger charge is -2.12. The lowest BCUT2D eigenvalue weighted by Crippen LogP contribution is -2.30. The van der Waals surface area contributed by atoms with Gasteiger partial charge < -0.3 is 15.2 Å². The quantitative estimate of drug-likeness (QED) is 0.0717. The van der Waals surface area contributed by atoms with Crippen LogP contribution in [0.15, 0.2) is 101 Å². The number of thioether (sulfide) groups is 1. The van der Waals surface area contributed by atoms with Gasteiger partial charge in [0.2, 0.25) is 0 Å². The number of aliphatic hydroxyl groups is 1. The summed E-state index contributed by atoms with van der Waals surface area (Å²) in [6.07, 6.45) is 1.34. The van der Waals surface area contributed by atoms with Gasteiger partial charge in [0.05, 0.1) is 16.9 Å². The number of amides is 1. The molecule has 0 saturated carbocycles. The summed E-state index contributed by atoms with van der Waals surface area (Å²) in [5.74, 6) is 0.393. The Kier molecular flexibility index (Phi) is 10.8. The summed E-state index contributed by atoms with van der Waals surface area (Å²) >= 11 is 1.58. The monoisotopic (exact) mass is 621 g/mol. The highest BCUT2D eigenvalue weighted by Crippen LogP contribution is 2.32. The normalized spacial score (nSPS) is 11.1. The Bertz CT molecular complexity index is 1680. The summed E-state index contributed by atoms with van der Waals surface area (Å²) in [6.45, 7) is 0.510. The molecule has 0 unspecified atom stereocenters. The molecule has 0 spiro atoms. The molecule has 4 aromatic carbocycles. The van der Waals surface area contributed by atoms with E-state index in [1.807, 2.05) is 53.3 Å². The Balaban J connectivity index is 1.43. The van der Waals surface area contributed by atoms with Crippen LogP contribution in [0.4, 0.5) is 11.4 Å². The van der Waals surface area contributed by atoms with Crippen LogP contribution in [-0.2, 0) is 16.4 Å². The van der Waals surface area contributed by atoms with E-state index in [1.54, 1.807) is 31.0 Å². The number of nitrogens with one attached hydrogen (secondary N) is 2. The molecule has 0 radical (unpaired) electrons. The molecule has 43 heavy (non-hydrogen) atoms. The van der Waals surface area contributed by atoms with Crippen molar-refractivity contribution in [2.24, 2.45) is 0 Å². The largest absolute Gasteiger partial charge is 0.496 e. The number of anilines is 1. The van der Waals surface area contributed by atoms with Gasteiger partial charge in [0.25, 0.3) is 21.6 Å². The molecule has 0 heterocycles. The zero-order chi connectivity index (χ0) is 30.8. The van der Waals surface area contributed by atoms with E-state index in [9.17, 15) is 23.3 Å². The van der Waals surface area contributed by atoms with Crippen molar-refractivity contribution in [3.05, 3.63) is 112 Å². The fraction of sp³-hybridized carbons (Fsp3) is 0.194. The van der Waals surface area contributed by atoms with E-state index in [4.69, 9.17) is 9.84 Å². The minimum Gasteiger partial charge on any atom is -0.496 e. The second-order valence-corrected chi connectivity index (χ2v) is 12.2. The van der Waals surface area contributed by atoms with Crippen molar-refractivity contribution in [2.75, 3.05) is 31.3 Å². The number of methoxy groups -OCH3 is 1. The van der Waals surface area contributed by atoms with Gasteiger partial charge in [-0.3, -0.25) is 14.9 Å². The van der Waals surface area contributed by atoms with Crippen molar-refractivity contribution < 1.29 is 28.0 Å². The van der Waals surface area contributed by atoms with Crippen LogP contribution in [-0.4, -0.2) is 50.4 Å². The van der Waals surface area contributed by atoms with Crippen molar-refractivity contribution in [2.45, 2.75) is 22.6 Å². The molecule has 0 bridgehead atoms. The number of hydrogen-bond acceptors (Lipinski definition) is 9. The van der Waals surface area contributed by atoms with E-state index >= 15 is 0 Å². The van der Waals surface area contributed by atoms with Gasteiger partial charge in [0.1, 0.15) is 11.4 Å². The van der Waals surface area contributed by atoms with Crippen LogP contribution in [0.25, 0.3) is 11.1 Å². The number of carbonyl (C=O) groups is 1. The topological polar surface area (TPSA) is 148 Å². The number of sulfonamides is 1. The highest BCUT2D eigenvalue weighted by Gasteiger charge is 2.24. The molecular weight excluding hydrogens is 590 g/mol. The summed E-state index contributed by atoms with van der Waals surface area (Å²) in [4.78, 5) is 24.6. The highest BCUT2D eigenvalue weighted by atomic mass is 32.2. The van der Waals surface area contributed by atoms with Crippen molar-refractivity contribution in [1.29, 1.82) is 0 Å². The maximum Gasteiger partial charge on any atom is 0.293 e. The lowest BCUT2D eigenvalue weighted by molar-refractivity contribution is -0.384. The molecule has 0 atom stereocenters. The van der Waals surface area contributed by atoms with E-state index < -0.39 is 31.4 Å². The number of nitro groups is 1. The van der Waals surface area contributed by atoms with Gasteiger partial charge in [-0.15, -0.1) is 11.8 Å². The van der Waals surface area contributed by atoms with Crippen LogP contribution in [0.1, 0.15) is 22.3 Å². The zero-order valence-corrected chi connectivity index (χ0v) is 25.0. The van der Waals surface area contributed by atoms with Crippen molar-refractivity contribution in [3.8, 4) is 16.9 Å². The molecule has 4 aromatic rings. The molecule has 0 aromatic heterocycles. The fourth-order valence-corrected chi connectivity index (χ4v) is 6.09. The number of benzene rings is 4. The van der Waals surface area contributed by atoms with Crippen LogP contribution < -0.4 is 14.8 Å². The number of rotatable bonds is 14. The molecule has 12 heteroatoms. The highest BCUT2D eigenvalue weighted by molar-refractivity contribution is 7.99. The average molecular weight is 622 g/mol. The Morgan fingerprint density at radius 3 is 2.42 bits per heavy atom. The summed E-state index contributed by atoms with van der Waals surface area (Å²) in [5.41, 5.74) is 2.41. The van der Waals surface area contributed by atoms with Crippen LogP contribution in [0, 0.1) is 10.1 Å². The molecule has 0 aliphatic carbocycles. The Labute approximate surface area is 254 Å². The molecule has 3 N–H and O–H groups in total. The third-order valence-corrected chi connectivity index (χ3v) is 8.82. The van der Waals surface area contributed by atoms with Crippen LogP contribution >= 0.6 is 11.8 Å². The maximum atomic E-state index is 13.0. The number of aliphatic hydroxyl groups excluding tert-OH is 1. The van der Waals surface area contributed by atoms with E-state index in [0.29, 0.717) is 30.9 Å².